The molecule has 4 rings (SSSR count). The Morgan fingerprint density at radius 1 is 1.19 bits per heavy atom. The third-order valence-electron chi connectivity index (χ3n) is 4.50. The van der Waals surface area contributed by atoms with E-state index in [1.165, 1.54) is 24.0 Å². The van der Waals surface area contributed by atoms with Crippen LogP contribution in [0.1, 0.15) is 33.3 Å². The molecule has 0 radical (unpaired) electrons. The van der Waals surface area contributed by atoms with Gasteiger partial charge >= 0.3 is 0 Å². The molecule has 0 unspecified atom stereocenters. The number of hydrogen-bond acceptors (Lipinski definition) is 5. The first-order valence-corrected chi connectivity index (χ1v) is 8.64. The zero-order chi connectivity index (χ0) is 17.9. The largest absolute Gasteiger partial charge is 0.506 e. The van der Waals surface area contributed by atoms with Gasteiger partial charge in [-0.3, -0.25) is 9.78 Å². The quantitative estimate of drug-likeness (QED) is 0.783. The number of aromatic hydroxyl groups is 1. The van der Waals surface area contributed by atoms with Gasteiger partial charge in [-0.2, -0.15) is 0 Å². The van der Waals surface area contributed by atoms with E-state index in [2.05, 4.69) is 22.1 Å². The van der Waals surface area contributed by atoms with Crippen LogP contribution in [0.15, 0.2) is 53.2 Å². The molecule has 0 fully saturated rings. The van der Waals surface area contributed by atoms with Crippen LogP contribution in [0.4, 0.5) is 0 Å². The van der Waals surface area contributed by atoms with Crippen molar-refractivity contribution in [2.45, 2.75) is 25.8 Å². The van der Waals surface area contributed by atoms with Crippen LogP contribution >= 0.6 is 0 Å². The third-order valence-corrected chi connectivity index (χ3v) is 4.50. The fourth-order valence-electron chi connectivity index (χ4n) is 3.16. The summed E-state index contributed by atoms with van der Waals surface area (Å²) in [5.74, 6) is 1.41. The lowest BCUT2D eigenvalue weighted by molar-refractivity contribution is 0.0727. The normalized spacial score (nSPS) is 13.5. The highest BCUT2D eigenvalue weighted by atomic mass is 16.4. The average molecular weight is 349 g/mol. The van der Waals surface area contributed by atoms with Crippen LogP contribution in [0.3, 0.4) is 0 Å². The second kappa shape index (κ2) is 7.00. The first kappa shape index (κ1) is 16.3. The van der Waals surface area contributed by atoms with E-state index in [4.69, 9.17) is 4.42 Å². The van der Waals surface area contributed by atoms with Crippen molar-refractivity contribution in [1.29, 1.82) is 0 Å². The number of aromatic nitrogens is 2. The number of amides is 1. The lowest BCUT2D eigenvalue weighted by Crippen LogP contribution is -2.35. The van der Waals surface area contributed by atoms with Crippen molar-refractivity contribution in [3.05, 3.63) is 77.3 Å². The minimum Gasteiger partial charge on any atom is -0.506 e. The minimum atomic E-state index is -0.159. The SMILES string of the molecule is O=C(c1cncc(O)c1)N1CCc2oc(CCc3ccccc3)nc2C1. The van der Waals surface area contributed by atoms with Crippen molar-refractivity contribution in [2.24, 2.45) is 0 Å². The summed E-state index contributed by atoms with van der Waals surface area (Å²) in [6, 6.07) is 11.7. The van der Waals surface area contributed by atoms with E-state index >= 15 is 0 Å². The molecule has 1 aromatic carbocycles. The summed E-state index contributed by atoms with van der Waals surface area (Å²) in [4.78, 5) is 22.8. The van der Waals surface area contributed by atoms with Gasteiger partial charge in [-0.15, -0.1) is 0 Å². The van der Waals surface area contributed by atoms with Gasteiger partial charge < -0.3 is 14.4 Å². The highest BCUT2D eigenvalue weighted by molar-refractivity contribution is 5.94. The molecule has 1 N–H and O–H groups in total. The summed E-state index contributed by atoms with van der Waals surface area (Å²) in [6.45, 7) is 0.980. The van der Waals surface area contributed by atoms with Crippen LogP contribution in [0.5, 0.6) is 5.75 Å². The zero-order valence-corrected chi connectivity index (χ0v) is 14.3. The second-order valence-electron chi connectivity index (χ2n) is 6.37. The van der Waals surface area contributed by atoms with E-state index < -0.39 is 0 Å². The molecule has 0 saturated heterocycles. The Bertz CT molecular complexity index is 921. The number of nitrogens with zero attached hydrogens (tertiary/aromatic N) is 3. The van der Waals surface area contributed by atoms with Crippen molar-refractivity contribution in [1.82, 2.24) is 14.9 Å². The molecule has 1 aliphatic heterocycles. The first-order chi connectivity index (χ1) is 12.7. The maximum Gasteiger partial charge on any atom is 0.255 e. The van der Waals surface area contributed by atoms with Crippen LogP contribution in [-0.2, 0) is 25.8 Å². The Morgan fingerprint density at radius 2 is 2.04 bits per heavy atom. The maximum atomic E-state index is 12.6. The number of carbonyl (C=O) groups is 1. The molecule has 2 aromatic heterocycles. The van der Waals surface area contributed by atoms with Crippen LogP contribution in [0, 0.1) is 0 Å². The lowest BCUT2D eigenvalue weighted by atomic mass is 10.1. The van der Waals surface area contributed by atoms with Gasteiger partial charge in [-0.1, -0.05) is 30.3 Å². The molecule has 0 atom stereocenters. The first-order valence-electron chi connectivity index (χ1n) is 8.64. The van der Waals surface area contributed by atoms with Crippen molar-refractivity contribution in [3.63, 3.8) is 0 Å². The van der Waals surface area contributed by atoms with E-state index in [1.807, 2.05) is 18.2 Å². The van der Waals surface area contributed by atoms with Gasteiger partial charge in [0.1, 0.15) is 17.2 Å². The van der Waals surface area contributed by atoms with Gasteiger partial charge in [0.2, 0.25) is 0 Å². The summed E-state index contributed by atoms with van der Waals surface area (Å²) >= 11 is 0. The number of oxazole rings is 1. The Hall–Kier alpha value is -3.15. The van der Waals surface area contributed by atoms with Crippen LogP contribution in [-0.4, -0.2) is 32.4 Å². The van der Waals surface area contributed by atoms with E-state index in [9.17, 15) is 9.90 Å². The lowest BCUT2D eigenvalue weighted by Gasteiger charge is -2.25. The maximum absolute atomic E-state index is 12.6. The molecular weight excluding hydrogens is 330 g/mol. The van der Waals surface area contributed by atoms with Crippen LogP contribution < -0.4 is 0 Å². The molecule has 1 amide bonds. The molecule has 0 aliphatic carbocycles. The monoisotopic (exact) mass is 349 g/mol. The molecule has 0 bridgehead atoms. The van der Waals surface area contributed by atoms with Crippen LogP contribution in [0.25, 0.3) is 0 Å². The van der Waals surface area contributed by atoms with Gasteiger partial charge in [0, 0.05) is 25.6 Å². The van der Waals surface area contributed by atoms with Crippen molar-refractivity contribution >= 4 is 5.91 Å². The predicted octanol–water partition coefficient (Wildman–Crippen LogP) is 2.76. The fourth-order valence-corrected chi connectivity index (χ4v) is 3.16. The van der Waals surface area contributed by atoms with Crippen molar-refractivity contribution in [3.8, 4) is 5.75 Å². The average Bonchev–Trinajstić information content (AvgIpc) is 3.08. The molecule has 26 heavy (non-hydrogen) atoms. The number of hydrogen-bond donors (Lipinski definition) is 1. The van der Waals surface area contributed by atoms with E-state index in [0.29, 0.717) is 31.0 Å². The van der Waals surface area contributed by atoms with Crippen molar-refractivity contribution < 1.29 is 14.3 Å². The smallest absolute Gasteiger partial charge is 0.255 e. The van der Waals surface area contributed by atoms with Gasteiger partial charge in [-0.05, 0) is 18.1 Å². The van der Waals surface area contributed by atoms with Gasteiger partial charge in [-0.25, -0.2) is 4.98 Å². The Balaban J connectivity index is 1.44. The molecule has 132 valence electrons. The summed E-state index contributed by atoms with van der Waals surface area (Å²) in [5.41, 5.74) is 2.44. The molecule has 6 heteroatoms. The van der Waals surface area contributed by atoms with Gasteiger partial charge in [0.05, 0.1) is 18.3 Å². The Labute approximate surface area is 151 Å². The number of benzene rings is 1. The number of rotatable bonds is 4. The van der Waals surface area contributed by atoms with E-state index in [1.54, 1.807) is 4.90 Å². The molecule has 0 saturated carbocycles. The minimum absolute atomic E-state index is 0.0156. The third kappa shape index (κ3) is 3.44. The standard InChI is InChI=1S/C20H19N3O3/c24-16-10-15(11-21-12-16)20(25)23-9-8-18-17(13-23)22-19(26-18)7-6-14-4-2-1-3-5-14/h1-5,10-12,24H,6-9,13H2. The summed E-state index contributed by atoms with van der Waals surface area (Å²) in [7, 11) is 0. The number of carbonyl (C=O) groups excluding carboxylic acids is 1. The second-order valence-corrected chi connectivity index (χ2v) is 6.37. The molecule has 3 aromatic rings. The van der Waals surface area contributed by atoms with Gasteiger partial charge in [0.25, 0.3) is 5.91 Å². The molecular formula is C20H19N3O3. The highest BCUT2D eigenvalue weighted by Gasteiger charge is 2.26. The Morgan fingerprint density at radius 3 is 2.85 bits per heavy atom. The fraction of sp³-hybridized carbons (Fsp3) is 0.250. The molecule has 1 aliphatic rings. The van der Waals surface area contributed by atoms with E-state index in [-0.39, 0.29) is 11.7 Å². The molecule has 6 nitrogen and oxygen atoms in total. The number of pyridine rings is 1. The zero-order valence-electron chi connectivity index (χ0n) is 14.3. The molecule has 3 heterocycles. The topological polar surface area (TPSA) is 79.5 Å². The van der Waals surface area contributed by atoms with E-state index in [0.717, 1.165) is 24.3 Å². The summed E-state index contributed by atoms with van der Waals surface area (Å²) in [5, 5.41) is 9.51. The molecule has 0 spiro atoms. The number of aryl methyl sites for hydroxylation is 2. The van der Waals surface area contributed by atoms with Crippen LogP contribution in [0.2, 0.25) is 0 Å². The van der Waals surface area contributed by atoms with Gasteiger partial charge in [0.15, 0.2) is 5.89 Å². The van der Waals surface area contributed by atoms with Crippen molar-refractivity contribution in [2.75, 3.05) is 6.54 Å². The summed E-state index contributed by atoms with van der Waals surface area (Å²) < 4.78 is 5.88. The summed E-state index contributed by atoms with van der Waals surface area (Å²) in [6.07, 6.45) is 5.03. The highest BCUT2D eigenvalue weighted by Crippen LogP contribution is 2.22. The Kier molecular flexibility index (Phi) is 4.39. The number of fused-ring (bicyclic) bond motifs is 1. The predicted molar refractivity (Wildman–Crippen MR) is 94.7 cm³/mol.